The predicted octanol–water partition coefficient (Wildman–Crippen LogP) is 4.50. The summed E-state index contributed by atoms with van der Waals surface area (Å²) in [4.78, 5) is 23.4. The molecular weight excluding hydrogens is 498 g/mol. The average molecular weight is 528 g/mol. The van der Waals surface area contributed by atoms with E-state index in [2.05, 4.69) is 16.0 Å². The van der Waals surface area contributed by atoms with Gasteiger partial charge in [0.2, 0.25) is 0 Å². The van der Waals surface area contributed by atoms with Crippen LogP contribution in [-0.4, -0.2) is 53.1 Å². The SMILES string of the molecule is CNC(N)=O.COc1ccc(F)cc1C(C)(C)CC(O)(Cc1cc2cc(C(=O)O)ccc2[nH]1)C(F)(F)F. The first-order valence-corrected chi connectivity index (χ1v) is 11.0. The third-order valence-corrected chi connectivity index (χ3v) is 5.81. The van der Waals surface area contributed by atoms with Crippen LogP contribution < -0.4 is 15.8 Å². The van der Waals surface area contributed by atoms with Crippen LogP contribution >= 0.6 is 0 Å². The number of carboxylic acids is 1. The fourth-order valence-electron chi connectivity index (χ4n) is 4.03. The number of carboxylic acid groups (broad SMARTS) is 1. The molecule has 0 aliphatic heterocycles. The van der Waals surface area contributed by atoms with E-state index >= 15 is 0 Å². The fourth-order valence-corrected chi connectivity index (χ4v) is 4.03. The number of amides is 2. The van der Waals surface area contributed by atoms with Crippen LogP contribution in [0, 0.1) is 5.82 Å². The maximum Gasteiger partial charge on any atom is 0.417 e. The number of methoxy groups -OCH3 is 1. The molecule has 1 aromatic heterocycles. The number of aromatic nitrogens is 1. The van der Waals surface area contributed by atoms with Crippen LogP contribution in [0.15, 0.2) is 42.5 Å². The lowest BCUT2D eigenvalue weighted by Gasteiger charge is -2.38. The maximum absolute atomic E-state index is 14.1. The molecule has 0 saturated carbocycles. The number of carbonyl (C=O) groups excluding carboxylic acids is 1. The minimum Gasteiger partial charge on any atom is -0.496 e. The monoisotopic (exact) mass is 527 g/mol. The van der Waals surface area contributed by atoms with E-state index in [1.165, 1.54) is 58.3 Å². The number of aromatic amines is 1. The van der Waals surface area contributed by atoms with Crippen molar-refractivity contribution in [2.75, 3.05) is 14.2 Å². The first-order valence-electron chi connectivity index (χ1n) is 11.0. The number of aromatic carboxylic acids is 1. The number of primary amides is 1. The summed E-state index contributed by atoms with van der Waals surface area (Å²) in [6.07, 6.45) is -6.55. The van der Waals surface area contributed by atoms with Gasteiger partial charge in [-0.1, -0.05) is 13.8 Å². The first kappa shape index (κ1) is 29.4. The minimum atomic E-state index is -4.99. The van der Waals surface area contributed by atoms with E-state index in [9.17, 15) is 32.3 Å². The van der Waals surface area contributed by atoms with E-state index in [1.807, 2.05) is 0 Å². The van der Waals surface area contributed by atoms with Crippen molar-refractivity contribution in [1.29, 1.82) is 0 Å². The molecular formula is C25H29F4N3O5. The lowest BCUT2D eigenvalue weighted by atomic mass is 9.73. The number of halogens is 4. The van der Waals surface area contributed by atoms with Gasteiger partial charge in [-0.3, -0.25) is 0 Å². The van der Waals surface area contributed by atoms with Gasteiger partial charge >= 0.3 is 18.2 Å². The Morgan fingerprint density at radius 1 is 1.11 bits per heavy atom. The highest BCUT2D eigenvalue weighted by Crippen LogP contribution is 2.45. The number of hydrogen-bond acceptors (Lipinski definition) is 4. The number of H-pyrrole nitrogens is 1. The Morgan fingerprint density at radius 3 is 2.24 bits per heavy atom. The summed E-state index contributed by atoms with van der Waals surface area (Å²) in [6.45, 7) is 2.96. The van der Waals surface area contributed by atoms with E-state index in [0.717, 1.165) is 12.1 Å². The van der Waals surface area contributed by atoms with Gasteiger partial charge in [0.25, 0.3) is 0 Å². The molecule has 0 aliphatic carbocycles. The summed E-state index contributed by atoms with van der Waals surface area (Å²) in [5.41, 5.74) is 0.814. The summed E-state index contributed by atoms with van der Waals surface area (Å²) >= 11 is 0. The zero-order valence-corrected chi connectivity index (χ0v) is 20.7. The van der Waals surface area contributed by atoms with Gasteiger partial charge in [-0.05, 0) is 54.3 Å². The van der Waals surface area contributed by atoms with Gasteiger partial charge in [0.05, 0.1) is 12.7 Å². The van der Waals surface area contributed by atoms with Gasteiger partial charge < -0.3 is 31.0 Å². The summed E-state index contributed by atoms with van der Waals surface area (Å²) in [6, 6.07) is 8.59. The molecule has 2 aromatic carbocycles. The molecule has 0 aliphatic rings. The lowest BCUT2D eigenvalue weighted by molar-refractivity contribution is -0.266. The number of urea groups is 1. The van der Waals surface area contributed by atoms with Gasteiger partial charge in [0.1, 0.15) is 11.6 Å². The number of hydrogen-bond donors (Lipinski definition) is 5. The molecule has 37 heavy (non-hydrogen) atoms. The maximum atomic E-state index is 14.1. The summed E-state index contributed by atoms with van der Waals surface area (Å²) in [5.74, 6) is -1.57. The van der Waals surface area contributed by atoms with Crippen molar-refractivity contribution >= 4 is 22.9 Å². The lowest BCUT2D eigenvalue weighted by Crippen LogP contribution is -2.51. The number of nitrogens with two attached hydrogens (primary N) is 1. The molecule has 0 fully saturated rings. The number of fused-ring (bicyclic) bond motifs is 1. The van der Waals surface area contributed by atoms with Crippen molar-refractivity contribution < 1.29 is 42.1 Å². The van der Waals surface area contributed by atoms with Gasteiger partial charge in [-0.15, -0.1) is 0 Å². The third kappa shape index (κ3) is 7.13. The summed E-state index contributed by atoms with van der Waals surface area (Å²) < 4.78 is 61.3. The molecule has 6 N–H and O–H groups in total. The van der Waals surface area contributed by atoms with Crippen molar-refractivity contribution in [3.8, 4) is 5.75 Å². The first-order chi connectivity index (χ1) is 17.0. The number of nitrogens with one attached hydrogen (secondary N) is 2. The second kappa shape index (κ2) is 11.1. The molecule has 0 saturated heterocycles. The Balaban J connectivity index is 0.000000877. The molecule has 3 aromatic rings. The Bertz CT molecular complexity index is 1270. The standard InChI is InChI=1S/C23H23F4NO4.C2H6N2O/c1-21(2,17-10-15(24)5-7-19(17)32-3)12-22(31,23(25,26)27)11-16-9-14-8-13(20(29)30)4-6-18(14)28-16;1-4-2(3)5/h4-10,28,31H,11-12H2,1-3H3,(H,29,30);1H3,(H3,3,4,5). The molecule has 1 atom stereocenters. The molecule has 202 valence electrons. The minimum absolute atomic E-state index is 0.00605. The molecule has 1 unspecified atom stereocenters. The zero-order valence-electron chi connectivity index (χ0n) is 20.7. The second-order valence-corrected chi connectivity index (χ2v) is 9.13. The topological polar surface area (TPSA) is 138 Å². The average Bonchev–Trinajstić information content (AvgIpc) is 3.19. The molecule has 0 radical (unpaired) electrons. The highest BCUT2D eigenvalue weighted by atomic mass is 19.4. The van der Waals surface area contributed by atoms with Crippen LogP contribution in [0.2, 0.25) is 0 Å². The number of aliphatic hydroxyl groups is 1. The van der Waals surface area contributed by atoms with Crippen molar-refractivity contribution in [3.05, 3.63) is 65.1 Å². The second-order valence-electron chi connectivity index (χ2n) is 9.13. The number of ether oxygens (including phenoxy) is 1. The summed E-state index contributed by atoms with van der Waals surface area (Å²) in [5, 5.41) is 22.5. The van der Waals surface area contributed by atoms with Crippen LogP contribution in [0.25, 0.3) is 10.9 Å². The highest BCUT2D eigenvalue weighted by molar-refractivity contribution is 5.93. The molecule has 2 amide bonds. The number of rotatable bonds is 7. The fraction of sp³-hybridized carbons (Fsp3) is 0.360. The van der Waals surface area contributed by atoms with E-state index in [0.29, 0.717) is 10.9 Å². The quantitative estimate of drug-likeness (QED) is 0.288. The molecule has 0 bridgehead atoms. The smallest absolute Gasteiger partial charge is 0.417 e. The van der Waals surface area contributed by atoms with Crippen molar-refractivity contribution in [1.82, 2.24) is 10.3 Å². The number of benzene rings is 2. The predicted molar refractivity (Wildman–Crippen MR) is 129 cm³/mol. The van der Waals surface area contributed by atoms with Crippen molar-refractivity contribution in [3.63, 3.8) is 0 Å². The molecule has 12 heteroatoms. The van der Waals surface area contributed by atoms with Gasteiger partial charge in [0, 0.05) is 35.6 Å². The Labute approximate surface area is 210 Å². The Hall–Kier alpha value is -3.80. The van der Waals surface area contributed by atoms with E-state index in [1.54, 1.807) is 0 Å². The van der Waals surface area contributed by atoms with Crippen molar-refractivity contribution in [2.24, 2.45) is 5.73 Å². The van der Waals surface area contributed by atoms with Gasteiger partial charge in [-0.2, -0.15) is 13.2 Å². The van der Waals surface area contributed by atoms with E-state index < -0.39 is 47.9 Å². The molecule has 3 rings (SSSR count). The van der Waals surface area contributed by atoms with Crippen LogP contribution in [0.1, 0.15) is 41.9 Å². The van der Waals surface area contributed by atoms with E-state index in [-0.39, 0.29) is 22.6 Å². The number of carbonyl (C=O) groups is 2. The van der Waals surface area contributed by atoms with Crippen LogP contribution in [0.5, 0.6) is 5.75 Å². The Kier molecular flexibility index (Phi) is 8.81. The molecule has 1 heterocycles. The van der Waals surface area contributed by atoms with Crippen LogP contribution in [-0.2, 0) is 11.8 Å². The van der Waals surface area contributed by atoms with Crippen molar-refractivity contribution in [2.45, 2.75) is 43.9 Å². The largest absolute Gasteiger partial charge is 0.496 e. The third-order valence-electron chi connectivity index (χ3n) is 5.81. The van der Waals surface area contributed by atoms with Gasteiger partial charge in [0.15, 0.2) is 5.60 Å². The zero-order chi connectivity index (χ0) is 28.2. The molecule has 0 spiro atoms. The summed E-state index contributed by atoms with van der Waals surface area (Å²) in [7, 11) is 2.81. The van der Waals surface area contributed by atoms with Crippen LogP contribution in [0.3, 0.4) is 0 Å². The van der Waals surface area contributed by atoms with E-state index in [4.69, 9.17) is 9.84 Å². The van der Waals surface area contributed by atoms with Gasteiger partial charge in [-0.25, -0.2) is 14.0 Å². The van der Waals surface area contributed by atoms with Crippen LogP contribution in [0.4, 0.5) is 22.4 Å². The Morgan fingerprint density at radius 2 is 1.73 bits per heavy atom. The normalized spacial score (nSPS) is 13.3. The molecule has 8 nitrogen and oxygen atoms in total. The highest BCUT2D eigenvalue weighted by Gasteiger charge is 2.56. The number of alkyl halides is 3.